The first-order chi connectivity index (χ1) is 16.1. The van der Waals surface area contributed by atoms with Crippen LogP contribution in [-0.2, 0) is 0 Å². The van der Waals surface area contributed by atoms with Crippen LogP contribution in [0.3, 0.4) is 0 Å². The first-order valence-electron chi connectivity index (χ1n) is 11.4. The van der Waals surface area contributed by atoms with Crippen LogP contribution in [-0.4, -0.2) is 23.7 Å². The van der Waals surface area contributed by atoms with E-state index < -0.39 is 5.97 Å². The molecule has 2 N–H and O–H groups in total. The zero-order valence-electron chi connectivity index (χ0n) is 19.0. The normalized spacial score (nSPS) is 17.8. The van der Waals surface area contributed by atoms with Gasteiger partial charge < -0.3 is 15.2 Å². The van der Waals surface area contributed by atoms with Crippen molar-refractivity contribution in [2.24, 2.45) is 0 Å². The maximum absolute atomic E-state index is 11.3. The number of carboxylic acid groups (broad SMARTS) is 1. The Morgan fingerprint density at radius 2 is 1.68 bits per heavy atom. The monoisotopic (exact) mass is 473 g/mol. The summed E-state index contributed by atoms with van der Waals surface area (Å²) in [6.45, 7) is 2.92. The zero-order chi connectivity index (χ0) is 22.8. The molecule has 0 bridgehead atoms. The lowest BCUT2D eigenvalue weighted by molar-refractivity contribution is 0.0697. The predicted molar refractivity (Wildman–Crippen MR) is 138 cm³/mol. The van der Waals surface area contributed by atoms with Crippen molar-refractivity contribution in [1.29, 1.82) is 0 Å². The Morgan fingerprint density at radius 3 is 2.47 bits per heavy atom. The van der Waals surface area contributed by atoms with Gasteiger partial charge in [0.25, 0.3) is 0 Å². The third-order valence-corrected chi connectivity index (χ3v) is 6.59. The Kier molecular flexibility index (Phi) is 7.20. The van der Waals surface area contributed by atoms with Crippen LogP contribution in [0, 0.1) is 0 Å². The van der Waals surface area contributed by atoms with Crippen molar-refractivity contribution in [2.45, 2.75) is 31.4 Å². The first-order valence-corrected chi connectivity index (χ1v) is 11.4. The maximum Gasteiger partial charge on any atom is 0.335 e. The molecule has 1 heterocycles. The molecule has 1 aliphatic heterocycles. The lowest BCUT2D eigenvalue weighted by Crippen LogP contribution is -2.37. The summed E-state index contributed by atoms with van der Waals surface area (Å²) in [5, 5.41) is 15.4. The molecule has 1 unspecified atom stereocenters. The van der Waals surface area contributed by atoms with Crippen molar-refractivity contribution >= 4 is 29.1 Å². The van der Waals surface area contributed by atoms with E-state index in [0.717, 1.165) is 29.8 Å². The minimum Gasteiger partial charge on any atom is -0.489 e. The Morgan fingerprint density at radius 1 is 0.971 bits per heavy atom. The molecule has 174 valence electrons. The van der Waals surface area contributed by atoms with E-state index >= 15 is 0 Å². The second-order valence-electron chi connectivity index (χ2n) is 8.69. The highest BCUT2D eigenvalue weighted by Gasteiger charge is 2.29. The summed E-state index contributed by atoms with van der Waals surface area (Å²) in [6.07, 6.45) is 0.847. The van der Waals surface area contributed by atoms with Gasteiger partial charge in [0.05, 0.1) is 5.56 Å². The van der Waals surface area contributed by atoms with Crippen molar-refractivity contribution in [3.05, 3.63) is 113 Å². The van der Waals surface area contributed by atoms with Gasteiger partial charge in [-0.25, -0.2) is 4.79 Å². The summed E-state index contributed by atoms with van der Waals surface area (Å²) in [6, 6.07) is 30.5. The van der Waals surface area contributed by atoms with E-state index in [1.807, 2.05) is 30.3 Å². The van der Waals surface area contributed by atoms with Crippen molar-refractivity contribution in [3.63, 3.8) is 0 Å². The average Bonchev–Trinajstić information content (AvgIpc) is 2.86. The molecule has 0 aromatic heterocycles. The smallest absolute Gasteiger partial charge is 0.335 e. The summed E-state index contributed by atoms with van der Waals surface area (Å²) in [5.41, 5.74) is 3.85. The highest BCUT2D eigenvalue weighted by Crippen LogP contribution is 2.40. The molecule has 0 amide bonds. The number of benzene rings is 4. The Labute approximate surface area is 206 Å². The standard InChI is InChI=1S/C29H27NO3.ClH/c1-19(24-11-6-8-20-7-2-3-9-25(20)24)30-18-23-17-27(26-10-4-5-12-28(26)33-23)21-13-15-22(16-14-21)29(31)32;/h2-16,19,23,27,30H,17-18H2,1H3,(H,31,32);1H/t19?,23-,27-;/m1./s1. The summed E-state index contributed by atoms with van der Waals surface area (Å²) < 4.78 is 6.36. The van der Waals surface area contributed by atoms with E-state index in [4.69, 9.17) is 4.74 Å². The Hall–Kier alpha value is -3.34. The highest BCUT2D eigenvalue weighted by atomic mass is 35.5. The maximum atomic E-state index is 11.3. The van der Waals surface area contributed by atoms with E-state index in [-0.39, 0.29) is 30.5 Å². The number of aromatic carboxylic acids is 1. The first kappa shape index (κ1) is 23.8. The molecular weight excluding hydrogens is 446 g/mol. The van der Waals surface area contributed by atoms with Crippen LogP contribution < -0.4 is 10.1 Å². The largest absolute Gasteiger partial charge is 0.489 e. The van der Waals surface area contributed by atoms with Gasteiger partial charge in [-0.15, -0.1) is 12.4 Å². The minimum absolute atomic E-state index is 0. The number of nitrogens with one attached hydrogen (secondary N) is 1. The van der Waals surface area contributed by atoms with Gasteiger partial charge in [-0.1, -0.05) is 72.8 Å². The fraction of sp³-hybridized carbons (Fsp3) is 0.207. The molecule has 3 atom stereocenters. The molecule has 4 aromatic carbocycles. The third-order valence-electron chi connectivity index (χ3n) is 6.59. The van der Waals surface area contributed by atoms with Crippen LogP contribution in [0.4, 0.5) is 0 Å². The van der Waals surface area contributed by atoms with Gasteiger partial charge >= 0.3 is 5.97 Å². The molecule has 0 radical (unpaired) electrons. The van der Waals surface area contributed by atoms with Gasteiger partial charge in [-0.3, -0.25) is 0 Å². The number of hydrogen-bond donors (Lipinski definition) is 2. The van der Waals surface area contributed by atoms with Crippen LogP contribution in [0.5, 0.6) is 5.75 Å². The van der Waals surface area contributed by atoms with E-state index in [1.165, 1.54) is 16.3 Å². The SMILES string of the molecule is CC(NC[C@H]1C[C@H](c2ccc(C(=O)O)cc2)c2ccccc2O1)c1cccc2ccccc12.Cl. The van der Waals surface area contributed by atoms with E-state index in [9.17, 15) is 9.90 Å². The molecule has 0 saturated carbocycles. The van der Waals surface area contributed by atoms with Crippen LogP contribution >= 0.6 is 12.4 Å². The summed E-state index contributed by atoms with van der Waals surface area (Å²) in [7, 11) is 0. The van der Waals surface area contributed by atoms with E-state index in [0.29, 0.717) is 5.56 Å². The van der Waals surface area contributed by atoms with Crippen molar-refractivity contribution < 1.29 is 14.6 Å². The van der Waals surface area contributed by atoms with Gasteiger partial charge in [0.1, 0.15) is 11.9 Å². The fourth-order valence-electron chi connectivity index (χ4n) is 4.84. The van der Waals surface area contributed by atoms with Gasteiger partial charge in [-0.2, -0.15) is 0 Å². The van der Waals surface area contributed by atoms with E-state index in [2.05, 4.69) is 60.8 Å². The van der Waals surface area contributed by atoms with Crippen molar-refractivity contribution in [3.8, 4) is 5.75 Å². The number of para-hydroxylation sites is 1. The number of halogens is 1. The van der Waals surface area contributed by atoms with Crippen molar-refractivity contribution in [2.75, 3.05) is 6.54 Å². The number of carbonyl (C=O) groups is 1. The molecular formula is C29H28ClNO3. The van der Waals surface area contributed by atoms with Gasteiger partial charge in [-0.05, 0) is 53.4 Å². The van der Waals surface area contributed by atoms with E-state index in [1.54, 1.807) is 12.1 Å². The summed E-state index contributed by atoms with van der Waals surface area (Å²) in [4.78, 5) is 11.3. The predicted octanol–water partition coefficient (Wildman–Crippen LogP) is 6.59. The Balaban J connectivity index is 0.00000274. The molecule has 5 rings (SSSR count). The molecule has 4 nitrogen and oxygen atoms in total. The minimum atomic E-state index is -0.904. The van der Waals surface area contributed by atoms with Crippen LogP contribution in [0.1, 0.15) is 52.4 Å². The lowest BCUT2D eigenvalue weighted by Gasteiger charge is -2.33. The van der Waals surface area contributed by atoms with Gasteiger partial charge in [0.2, 0.25) is 0 Å². The van der Waals surface area contributed by atoms with Crippen LogP contribution in [0.25, 0.3) is 10.8 Å². The molecule has 0 saturated heterocycles. The van der Waals surface area contributed by atoms with Crippen LogP contribution in [0.15, 0.2) is 91.0 Å². The molecule has 0 spiro atoms. The number of fused-ring (bicyclic) bond motifs is 2. The van der Waals surface area contributed by atoms with Gasteiger partial charge in [0, 0.05) is 24.1 Å². The van der Waals surface area contributed by atoms with Gasteiger partial charge in [0.15, 0.2) is 0 Å². The third kappa shape index (κ3) is 4.79. The second-order valence-corrected chi connectivity index (χ2v) is 8.69. The van der Waals surface area contributed by atoms with Crippen LogP contribution in [0.2, 0.25) is 0 Å². The number of carboxylic acids is 1. The second kappa shape index (κ2) is 10.3. The quantitative estimate of drug-likeness (QED) is 0.331. The Bertz CT molecular complexity index is 1280. The molecule has 4 aromatic rings. The molecule has 34 heavy (non-hydrogen) atoms. The fourth-order valence-corrected chi connectivity index (χ4v) is 4.84. The molecule has 0 fully saturated rings. The molecule has 1 aliphatic rings. The topological polar surface area (TPSA) is 58.6 Å². The summed E-state index contributed by atoms with van der Waals surface area (Å²) >= 11 is 0. The number of rotatable bonds is 6. The number of hydrogen-bond acceptors (Lipinski definition) is 3. The average molecular weight is 474 g/mol. The molecule has 5 heteroatoms. The molecule has 0 aliphatic carbocycles. The van der Waals surface area contributed by atoms with Crippen molar-refractivity contribution in [1.82, 2.24) is 5.32 Å². The number of ether oxygens (including phenoxy) is 1. The zero-order valence-corrected chi connectivity index (χ0v) is 19.8. The summed E-state index contributed by atoms with van der Waals surface area (Å²) in [5.74, 6) is 0.163. The highest BCUT2D eigenvalue weighted by molar-refractivity contribution is 5.87. The lowest BCUT2D eigenvalue weighted by atomic mass is 9.84.